The number of carbonyl (C=O) groups excluding carboxylic acids is 1. The van der Waals surface area contributed by atoms with Gasteiger partial charge in [0.1, 0.15) is 5.75 Å². The predicted octanol–water partition coefficient (Wildman–Crippen LogP) is 2.05. The molecule has 0 heterocycles. The third-order valence-electron chi connectivity index (χ3n) is 4.06. The van der Waals surface area contributed by atoms with Gasteiger partial charge in [-0.2, -0.15) is 0 Å². The number of carbonyl (C=O) groups is 2. The van der Waals surface area contributed by atoms with Gasteiger partial charge in [0.25, 0.3) is 5.91 Å². The number of nitrogens with one attached hydrogen (secondary N) is 1. The van der Waals surface area contributed by atoms with Crippen LogP contribution < -0.4 is 10.1 Å². The molecule has 5 heteroatoms. The summed E-state index contributed by atoms with van der Waals surface area (Å²) in [6.45, 7) is 3.91. The minimum absolute atomic E-state index is 0.0431. The van der Waals surface area contributed by atoms with Crippen molar-refractivity contribution in [2.45, 2.75) is 39.2 Å². The lowest BCUT2D eigenvalue weighted by Gasteiger charge is -2.14. The number of aliphatic carboxylic acids is 1. The number of carboxylic acid groups (broad SMARTS) is 1. The molecular weight excluding hydrogens is 270 g/mol. The minimum atomic E-state index is -0.779. The number of hydrogen-bond acceptors (Lipinski definition) is 3. The molecule has 2 atom stereocenters. The van der Waals surface area contributed by atoms with Crippen molar-refractivity contribution in [1.82, 2.24) is 5.32 Å². The molecule has 1 saturated carbocycles. The molecule has 2 rings (SSSR count). The van der Waals surface area contributed by atoms with Gasteiger partial charge in [0.15, 0.2) is 6.61 Å². The van der Waals surface area contributed by atoms with Crippen LogP contribution in [0.2, 0.25) is 0 Å². The number of aryl methyl sites for hydroxylation is 1. The van der Waals surface area contributed by atoms with E-state index in [1.165, 1.54) is 0 Å². The molecule has 1 aromatic rings. The molecule has 1 aliphatic rings. The van der Waals surface area contributed by atoms with Gasteiger partial charge in [0.05, 0.1) is 5.92 Å². The van der Waals surface area contributed by atoms with Crippen molar-refractivity contribution in [1.29, 1.82) is 0 Å². The quantitative estimate of drug-likeness (QED) is 0.870. The number of carboxylic acids is 1. The summed E-state index contributed by atoms with van der Waals surface area (Å²) >= 11 is 0. The number of ether oxygens (including phenoxy) is 1. The van der Waals surface area contributed by atoms with Crippen LogP contribution in [0.3, 0.4) is 0 Å². The monoisotopic (exact) mass is 291 g/mol. The fourth-order valence-electron chi connectivity index (χ4n) is 2.63. The summed E-state index contributed by atoms with van der Waals surface area (Å²) in [6.07, 6.45) is 1.84. The average molecular weight is 291 g/mol. The van der Waals surface area contributed by atoms with Gasteiger partial charge in [-0.3, -0.25) is 9.59 Å². The maximum atomic E-state index is 11.9. The van der Waals surface area contributed by atoms with Crippen molar-refractivity contribution >= 4 is 11.9 Å². The van der Waals surface area contributed by atoms with E-state index < -0.39 is 5.97 Å². The van der Waals surface area contributed by atoms with Crippen LogP contribution in [-0.2, 0) is 9.59 Å². The summed E-state index contributed by atoms with van der Waals surface area (Å²) in [6, 6.07) is 5.67. The second-order valence-corrected chi connectivity index (χ2v) is 5.60. The Bertz CT molecular complexity index is 541. The highest BCUT2D eigenvalue weighted by Crippen LogP contribution is 2.25. The second-order valence-electron chi connectivity index (χ2n) is 5.60. The van der Waals surface area contributed by atoms with Crippen LogP contribution in [0, 0.1) is 19.8 Å². The standard InChI is InChI=1S/C16H21NO4/c1-10-4-3-5-14(11(10)2)21-9-15(18)17-13-7-6-12(8-13)16(19)20/h3-5,12-13H,6-9H2,1-2H3,(H,17,18)(H,19,20)/t12-,13+/m1/s1. The molecule has 0 unspecified atom stereocenters. The Kier molecular flexibility index (Phi) is 4.83. The summed E-state index contributed by atoms with van der Waals surface area (Å²) in [7, 11) is 0. The van der Waals surface area contributed by atoms with Crippen molar-refractivity contribution in [2.75, 3.05) is 6.61 Å². The lowest BCUT2D eigenvalue weighted by molar-refractivity contribution is -0.141. The van der Waals surface area contributed by atoms with Gasteiger partial charge in [0, 0.05) is 6.04 Å². The first-order chi connectivity index (χ1) is 9.97. The van der Waals surface area contributed by atoms with Crippen molar-refractivity contribution in [3.63, 3.8) is 0 Å². The molecule has 0 radical (unpaired) electrons. The maximum Gasteiger partial charge on any atom is 0.306 e. The Balaban J connectivity index is 1.80. The Labute approximate surface area is 124 Å². The molecule has 114 valence electrons. The van der Waals surface area contributed by atoms with E-state index in [0.29, 0.717) is 25.0 Å². The molecular formula is C16H21NO4. The highest BCUT2D eigenvalue weighted by atomic mass is 16.5. The van der Waals surface area contributed by atoms with Crippen LogP contribution in [0.25, 0.3) is 0 Å². The molecule has 0 aromatic heterocycles. The molecule has 0 saturated heterocycles. The molecule has 1 aliphatic carbocycles. The topological polar surface area (TPSA) is 75.6 Å². The van der Waals surface area contributed by atoms with Crippen molar-refractivity contribution in [3.8, 4) is 5.75 Å². The van der Waals surface area contributed by atoms with E-state index in [9.17, 15) is 9.59 Å². The van der Waals surface area contributed by atoms with E-state index in [-0.39, 0.29) is 24.5 Å². The average Bonchev–Trinajstić information content (AvgIpc) is 2.89. The fraction of sp³-hybridized carbons (Fsp3) is 0.500. The van der Waals surface area contributed by atoms with E-state index in [4.69, 9.17) is 9.84 Å². The number of hydrogen-bond donors (Lipinski definition) is 2. The fourth-order valence-corrected chi connectivity index (χ4v) is 2.63. The van der Waals surface area contributed by atoms with Crippen LogP contribution in [-0.4, -0.2) is 29.6 Å². The molecule has 0 spiro atoms. The van der Waals surface area contributed by atoms with Crippen molar-refractivity contribution < 1.29 is 19.4 Å². The van der Waals surface area contributed by atoms with E-state index >= 15 is 0 Å². The van der Waals surface area contributed by atoms with Gasteiger partial charge in [-0.15, -0.1) is 0 Å². The molecule has 1 aromatic carbocycles. The van der Waals surface area contributed by atoms with Crippen LogP contribution in [0.15, 0.2) is 18.2 Å². The highest BCUT2D eigenvalue weighted by molar-refractivity contribution is 5.78. The molecule has 2 N–H and O–H groups in total. The molecule has 0 bridgehead atoms. The van der Waals surface area contributed by atoms with Gasteiger partial charge in [-0.05, 0) is 50.3 Å². The SMILES string of the molecule is Cc1cccc(OCC(=O)N[C@H]2CC[C@@H](C(=O)O)C2)c1C. The summed E-state index contributed by atoms with van der Waals surface area (Å²) in [5, 5.41) is 11.8. The number of benzene rings is 1. The van der Waals surface area contributed by atoms with Gasteiger partial charge in [0.2, 0.25) is 0 Å². The molecule has 1 fully saturated rings. The first kappa shape index (κ1) is 15.4. The van der Waals surface area contributed by atoms with Crippen LogP contribution in [0.1, 0.15) is 30.4 Å². The highest BCUT2D eigenvalue weighted by Gasteiger charge is 2.30. The zero-order chi connectivity index (χ0) is 15.4. The normalized spacial score (nSPS) is 21.0. The van der Waals surface area contributed by atoms with Gasteiger partial charge >= 0.3 is 5.97 Å². The van der Waals surface area contributed by atoms with Crippen molar-refractivity contribution in [2.24, 2.45) is 5.92 Å². The van der Waals surface area contributed by atoms with Crippen LogP contribution >= 0.6 is 0 Å². The second kappa shape index (κ2) is 6.61. The van der Waals surface area contributed by atoms with E-state index in [2.05, 4.69) is 5.32 Å². The molecule has 21 heavy (non-hydrogen) atoms. The number of amides is 1. The molecule has 5 nitrogen and oxygen atoms in total. The Hall–Kier alpha value is -2.04. The van der Waals surface area contributed by atoms with Gasteiger partial charge in [-0.25, -0.2) is 0 Å². The van der Waals surface area contributed by atoms with Gasteiger partial charge in [-0.1, -0.05) is 12.1 Å². The summed E-state index contributed by atoms with van der Waals surface area (Å²) < 4.78 is 5.54. The van der Waals surface area contributed by atoms with Crippen LogP contribution in [0.5, 0.6) is 5.75 Å². The summed E-state index contributed by atoms with van der Waals surface area (Å²) in [4.78, 5) is 22.7. The zero-order valence-electron chi connectivity index (χ0n) is 12.4. The Morgan fingerprint density at radius 3 is 2.76 bits per heavy atom. The Morgan fingerprint density at radius 2 is 2.10 bits per heavy atom. The molecule has 1 amide bonds. The first-order valence-electron chi connectivity index (χ1n) is 7.18. The largest absolute Gasteiger partial charge is 0.483 e. The van der Waals surface area contributed by atoms with Crippen molar-refractivity contribution in [3.05, 3.63) is 29.3 Å². The van der Waals surface area contributed by atoms with Crippen LogP contribution in [0.4, 0.5) is 0 Å². The smallest absolute Gasteiger partial charge is 0.306 e. The lowest BCUT2D eigenvalue weighted by Crippen LogP contribution is -2.36. The lowest BCUT2D eigenvalue weighted by atomic mass is 10.1. The Morgan fingerprint density at radius 1 is 1.33 bits per heavy atom. The third-order valence-corrected chi connectivity index (χ3v) is 4.06. The molecule has 0 aliphatic heterocycles. The van der Waals surface area contributed by atoms with E-state index in [0.717, 1.165) is 11.1 Å². The summed E-state index contributed by atoms with van der Waals surface area (Å²) in [5.41, 5.74) is 2.14. The maximum absolute atomic E-state index is 11.9. The first-order valence-corrected chi connectivity index (χ1v) is 7.18. The minimum Gasteiger partial charge on any atom is -0.483 e. The summed E-state index contributed by atoms with van der Waals surface area (Å²) in [5.74, 6) is -0.611. The third kappa shape index (κ3) is 3.97. The number of rotatable bonds is 5. The van der Waals surface area contributed by atoms with E-state index in [1.54, 1.807) is 0 Å². The zero-order valence-corrected chi connectivity index (χ0v) is 12.4. The predicted molar refractivity (Wildman–Crippen MR) is 78.3 cm³/mol. The van der Waals surface area contributed by atoms with E-state index in [1.807, 2.05) is 32.0 Å². The van der Waals surface area contributed by atoms with Gasteiger partial charge < -0.3 is 15.2 Å².